The molecule has 0 unspecified atom stereocenters. The van der Waals surface area contributed by atoms with E-state index in [1.54, 1.807) is 18.3 Å². The van der Waals surface area contributed by atoms with Crippen molar-refractivity contribution in [3.63, 3.8) is 0 Å². The van der Waals surface area contributed by atoms with Crippen LogP contribution in [-0.4, -0.2) is 9.97 Å². The quantitative estimate of drug-likeness (QED) is 0.759. The van der Waals surface area contributed by atoms with Gasteiger partial charge in [-0.2, -0.15) is 0 Å². The second-order valence-corrected chi connectivity index (χ2v) is 3.17. The van der Waals surface area contributed by atoms with E-state index in [-0.39, 0.29) is 5.82 Å². The second-order valence-electron chi connectivity index (χ2n) is 2.90. The number of benzene rings is 1. The van der Waals surface area contributed by atoms with Gasteiger partial charge in [-0.25, -0.2) is 9.37 Å². The molecule has 0 fully saturated rings. The summed E-state index contributed by atoms with van der Waals surface area (Å²) in [5.74, 6) is 0.744. The Labute approximate surface area is 85.8 Å². The zero-order chi connectivity index (χ0) is 9.97. The number of aromatic nitrogens is 2. The summed E-state index contributed by atoms with van der Waals surface area (Å²) in [7, 11) is 0. The van der Waals surface area contributed by atoms with E-state index in [2.05, 4.69) is 9.97 Å². The van der Waals surface area contributed by atoms with E-state index in [4.69, 9.17) is 11.6 Å². The Balaban J connectivity index is 2.39. The molecule has 2 aromatic rings. The van der Waals surface area contributed by atoms with E-state index < -0.39 is 0 Å². The van der Waals surface area contributed by atoms with E-state index in [9.17, 15) is 4.39 Å². The molecule has 0 aliphatic carbocycles. The first-order chi connectivity index (χ1) is 6.79. The minimum atomic E-state index is -0.272. The normalized spacial score (nSPS) is 10.4. The number of alkyl halides is 1. The van der Waals surface area contributed by atoms with E-state index >= 15 is 0 Å². The predicted molar refractivity (Wildman–Crippen MR) is 53.5 cm³/mol. The van der Waals surface area contributed by atoms with Gasteiger partial charge in [0.15, 0.2) is 0 Å². The fourth-order valence-corrected chi connectivity index (χ4v) is 1.35. The summed E-state index contributed by atoms with van der Waals surface area (Å²) in [5, 5.41) is 0. The maximum absolute atomic E-state index is 12.9. The van der Waals surface area contributed by atoms with Gasteiger partial charge in [0.2, 0.25) is 0 Å². The molecule has 0 aliphatic rings. The SMILES string of the molecule is Fc1cccc(-c2ncc(CCl)[nH]2)c1. The number of hydrogen-bond acceptors (Lipinski definition) is 1. The third-order valence-electron chi connectivity index (χ3n) is 1.87. The summed E-state index contributed by atoms with van der Waals surface area (Å²) in [6.45, 7) is 0. The Bertz CT molecular complexity index is 439. The lowest BCUT2D eigenvalue weighted by atomic mass is 10.2. The smallest absolute Gasteiger partial charge is 0.137 e. The summed E-state index contributed by atoms with van der Waals surface area (Å²) >= 11 is 5.61. The molecule has 0 bridgehead atoms. The van der Waals surface area contributed by atoms with Crippen LogP contribution in [0, 0.1) is 5.82 Å². The number of nitrogens with zero attached hydrogens (tertiary/aromatic N) is 1. The van der Waals surface area contributed by atoms with Crippen molar-refractivity contribution >= 4 is 11.6 Å². The lowest BCUT2D eigenvalue weighted by molar-refractivity contribution is 0.628. The minimum Gasteiger partial charge on any atom is -0.341 e. The van der Waals surface area contributed by atoms with Gasteiger partial charge in [0.1, 0.15) is 11.6 Å². The lowest BCUT2D eigenvalue weighted by Crippen LogP contribution is -1.82. The molecule has 72 valence electrons. The molecule has 1 N–H and O–H groups in total. The van der Waals surface area contributed by atoms with Crippen molar-refractivity contribution in [1.29, 1.82) is 0 Å². The van der Waals surface area contributed by atoms with Gasteiger partial charge in [0.25, 0.3) is 0 Å². The Kier molecular flexibility index (Phi) is 2.50. The van der Waals surface area contributed by atoms with Gasteiger partial charge < -0.3 is 4.98 Å². The van der Waals surface area contributed by atoms with Gasteiger partial charge in [-0.15, -0.1) is 11.6 Å². The van der Waals surface area contributed by atoms with Gasteiger partial charge in [0.05, 0.1) is 5.88 Å². The van der Waals surface area contributed by atoms with E-state index in [1.165, 1.54) is 12.1 Å². The van der Waals surface area contributed by atoms with Crippen molar-refractivity contribution in [2.75, 3.05) is 0 Å². The highest BCUT2D eigenvalue weighted by molar-refractivity contribution is 6.16. The Morgan fingerprint density at radius 3 is 2.93 bits per heavy atom. The van der Waals surface area contributed by atoms with Crippen molar-refractivity contribution in [2.24, 2.45) is 0 Å². The first-order valence-electron chi connectivity index (χ1n) is 4.15. The Morgan fingerprint density at radius 1 is 1.43 bits per heavy atom. The van der Waals surface area contributed by atoms with Gasteiger partial charge in [-0.05, 0) is 12.1 Å². The molecule has 1 aromatic heterocycles. The molecule has 14 heavy (non-hydrogen) atoms. The molecule has 0 amide bonds. The van der Waals surface area contributed by atoms with Crippen LogP contribution in [0.15, 0.2) is 30.5 Å². The first-order valence-corrected chi connectivity index (χ1v) is 4.69. The monoisotopic (exact) mass is 210 g/mol. The minimum absolute atomic E-state index is 0.272. The second kappa shape index (κ2) is 3.80. The number of aromatic amines is 1. The molecule has 0 atom stereocenters. The van der Waals surface area contributed by atoms with Crippen LogP contribution in [0.25, 0.3) is 11.4 Å². The highest BCUT2D eigenvalue weighted by atomic mass is 35.5. The van der Waals surface area contributed by atoms with Crippen LogP contribution in [0.2, 0.25) is 0 Å². The lowest BCUT2D eigenvalue weighted by Gasteiger charge is -1.95. The summed E-state index contributed by atoms with van der Waals surface area (Å²) in [6, 6.07) is 6.26. The van der Waals surface area contributed by atoms with Crippen molar-refractivity contribution in [3.8, 4) is 11.4 Å². The maximum atomic E-state index is 12.9. The number of hydrogen-bond donors (Lipinski definition) is 1. The fraction of sp³-hybridized carbons (Fsp3) is 0.100. The Morgan fingerprint density at radius 2 is 2.29 bits per heavy atom. The number of H-pyrrole nitrogens is 1. The van der Waals surface area contributed by atoms with Gasteiger partial charge in [0, 0.05) is 17.5 Å². The molecule has 0 aliphatic heterocycles. The van der Waals surface area contributed by atoms with Gasteiger partial charge >= 0.3 is 0 Å². The van der Waals surface area contributed by atoms with Crippen molar-refractivity contribution in [3.05, 3.63) is 42.0 Å². The van der Waals surface area contributed by atoms with E-state index in [0.29, 0.717) is 11.7 Å². The third-order valence-corrected chi connectivity index (χ3v) is 2.16. The molecule has 1 heterocycles. The van der Waals surface area contributed by atoms with Crippen molar-refractivity contribution in [2.45, 2.75) is 5.88 Å². The van der Waals surface area contributed by atoms with Crippen LogP contribution in [0.4, 0.5) is 4.39 Å². The summed E-state index contributed by atoms with van der Waals surface area (Å²) in [5.41, 5.74) is 1.55. The third kappa shape index (κ3) is 1.77. The van der Waals surface area contributed by atoms with E-state index in [0.717, 1.165) is 11.3 Å². The van der Waals surface area contributed by atoms with Crippen LogP contribution >= 0.6 is 11.6 Å². The zero-order valence-corrected chi connectivity index (χ0v) is 8.05. The average Bonchev–Trinajstić information content (AvgIpc) is 2.66. The van der Waals surface area contributed by atoms with Crippen molar-refractivity contribution in [1.82, 2.24) is 9.97 Å². The Hall–Kier alpha value is -1.35. The van der Waals surface area contributed by atoms with Crippen LogP contribution in [0.3, 0.4) is 0 Å². The number of rotatable bonds is 2. The summed E-state index contributed by atoms with van der Waals surface area (Å²) in [4.78, 5) is 7.09. The van der Waals surface area contributed by atoms with E-state index in [1.807, 2.05) is 0 Å². The molecule has 0 saturated heterocycles. The molecule has 0 spiro atoms. The highest BCUT2D eigenvalue weighted by Crippen LogP contribution is 2.16. The average molecular weight is 211 g/mol. The topological polar surface area (TPSA) is 28.7 Å². The summed E-state index contributed by atoms with van der Waals surface area (Å²) < 4.78 is 12.9. The van der Waals surface area contributed by atoms with Crippen LogP contribution in [-0.2, 0) is 5.88 Å². The molecule has 0 radical (unpaired) electrons. The molecule has 4 heteroatoms. The zero-order valence-electron chi connectivity index (χ0n) is 7.30. The maximum Gasteiger partial charge on any atom is 0.137 e. The highest BCUT2D eigenvalue weighted by Gasteiger charge is 2.03. The first kappa shape index (κ1) is 9.21. The van der Waals surface area contributed by atoms with Gasteiger partial charge in [-0.1, -0.05) is 12.1 Å². The molecule has 1 aromatic carbocycles. The molecule has 0 saturated carbocycles. The van der Waals surface area contributed by atoms with Gasteiger partial charge in [-0.3, -0.25) is 0 Å². The molecular formula is C10H8ClFN2. The predicted octanol–water partition coefficient (Wildman–Crippen LogP) is 2.95. The van der Waals surface area contributed by atoms with Crippen molar-refractivity contribution < 1.29 is 4.39 Å². The molecule has 2 rings (SSSR count). The van der Waals surface area contributed by atoms with Crippen LogP contribution in [0.1, 0.15) is 5.69 Å². The summed E-state index contributed by atoms with van der Waals surface area (Å²) in [6.07, 6.45) is 1.65. The number of imidazole rings is 1. The molecular weight excluding hydrogens is 203 g/mol. The van der Waals surface area contributed by atoms with Crippen LogP contribution < -0.4 is 0 Å². The number of nitrogens with one attached hydrogen (secondary N) is 1. The van der Waals surface area contributed by atoms with Crippen LogP contribution in [0.5, 0.6) is 0 Å². The standard InChI is InChI=1S/C10H8ClFN2/c11-5-9-6-13-10(14-9)7-2-1-3-8(12)4-7/h1-4,6H,5H2,(H,13,14). The fourth-order valence-electron chi connectivity index (χ4n) is 1.21. The largest absolute Gasteiger partial charge is 0.341 e. The molecule has 2 nitrogen and oxygen atoms in total. The number of halogens is 2.